The standard InChI is InChI=1S/C13H24ClNO/c1-3-13(2)7-10-15(11-8-13)12(16)6-4-5-9-14/h3-11H2,1-2H3. The molecule has 0 atom stereocenters. The highest BCUT2D eigenvalue weighted by atomic mass is 35.5. The molecule has 1 aliphatic heterocycles. The molecule has 0 aliphatic carbocycles. The van der Waals surface area contributed by atoms with E-state index in [9.17, 15) is 4.79 Å². The molecule has 0 spiro atoms. The molecule has 0 unspecified atom stereocenters. The average Bonchev–Trinajstić information content (AvgIpc) is 2.30. The van der Waals surface area contributed by atoms with Crippen LogP contribution in [0, 0.1) is 5.41 Å². The van der Waals surface area contributed by atoms with Gasteiger partial charge in [0, 0.05) is 25.4 Å². The first-order valence-electron chi connectivity index (χ1n) is 6.45. The Morgan fingerprint density at radius 2 is 1.94 bits per heavy atom. The maximum atomic E-state index is 11.9. The lowest BCUT2D eigenvalue weighted by Crippen LogP contribution is -2.41. The van der Waals surface area contributed by atoms with Gasteiger partial charge in [0.15, 0.2) is 0 Å². The number of carbonyl (C=O) groups is 1. The number of rotatable bonds is 5. The minimum absolute atomic E-state index is 0.322. The number of hydrogen-bond donors (Lipinski definition) is 0. The summed E-state index contributed by atoms with van der Waals surface area (Å²) in [4.78, 5) is 13.9. The van der Waals surface area contributed by atoms with Crippen molar-refractivity contribution in [1.29, 1.82) is 0 Å². The van der Waals surface area contributed by atoms with Gasteiger partial charge in [0.25, 0.3) is 0 Å². The van der Waals surface area contributed by atoms with E-state index in [4.69, 9.17) is 11.6 Å². The second-order valence-corrected chi connectivity index (χ2v) is 5.57. The molecule has 0 aromatic carbocycles. The number of piperidine rings is 1. The van der Waals surface area contributed by atoms with E-state index in [0.717, 1.165) is 38.8 Å². The molecule has 3 heteroatoms. The summed E-state index contributed by atoms with van der Waals surface area (Å²) in [5.74, 6) is 0.990. The molecule has 0 bridgehead atoms. The van der Waals surface area contributed by atoms with Gasteiger partial charge in [0.1, 0.15) is 0 Å². The number of unbranched alkanes of at least 4 members (excludes halogenated alkanes) is 1. The van der Waals surface area contributed by atoms with Crippen LogP contribution in [0.15, 0.2) is 0 Å². The third-order valence-electron chi connectivity index (χ3n) is 3.95. The molecule has 0 aromatic rings. The summed E-state index contributed by atoms with van der Waals surface area (Å²) in [6, 6.07) is 0. The fourth-order valence-electron chi connectivity index (χ4n) is 2.18. The maximum absolute atomic E-state index is 11.9. The molecule has 0 aromatic heterocycles. The highest BCUT2D eigenvalue weighted by Gasteiger charge is 2.29. The van der Waals surface area contributed by atoms with E-state index in [0.29, 0.717) is 23.6 Å². The minimum Gasteiger partial charge on any atom is -0.343 e. The number of hydrogen-bond acceptors (Lipinski definition) is 1. The van der Waals surface area contributed by atoms with Crippen LogP contribution >= 0.6 is 11.6 Å². The van der Waals surface area contributed by atoms with E-state index in [1.807, 2.05) is 4.90 Å². The zero-order chi connectivity index (χ0) is 12.0. The van der Waals surface area contributed by atoms with Gasteiger partial charge in [0.05, 0.1) is 0 Å². The Labute approximate surface area is 104 Å². The van der Waals surface area contributed by atoms with Gasteiger partial charge in [-0.15, -0.1) is 11.6 Å². The molecule has 2 nitrogen and oxygen atoms in total. The third kappa shape index (κ3) is 3.97. The number of halogens is 1. The molecule has 1 heterocycles. The lowest BCUT2D eigenvalue weighted by Gasteiger charge is -2.39. The predicted molar refractivity (Wildman–Crippen MR) is 68.8 cm³/mol. The van der Waals surface area contributed by atoms with E-state index < -0.39 is 0 Å². The Morgan fingerprint density at radius 1 is 1.31 bits per heavy atom. The highest BCUT2D eigenvalue weighted by Crippen LogP contribution is 2.34. The molecule has 16 heavy (non-hydrogen) atoms. The van der Waals surface area contributed by atoms with Crippen LogP contribution in [0.25, 0.3) is 0 Å². The fourth-order valence-corrected chi connectivity index (χ4v) is 2.37. The molecule has 1 rings (SSSR count). The normalized spacial score (nSPS) is 19.8. The Hall–Kier alpha value is -0.240. The zero-order valence-electron chi connectivity index (χ0n) is 10.6. The van der Waals surface area contributed by atoms with Crippen LogP contribution in [0.4, 0.5) is 0 Å². The average molecular weight is 246 g/mol. The summed E-state index contributed by atoms with van der Waals surface area (Å²) in [6.07, 6.45) is 6.10. The van der Waals surface area contributed by atoms with Crippen molar-refractivity contribution in [3.63, 3.8) is 0 Å². The quantitative estimate of drug-likeness (QED) is 0.537. The number of carbonyl (C=O) groups excluding carboxylic acids is 1. The molecule has 94 valence electrons. The van der Waals surface area contributed by atoms with Gasteiger partial charge in [-0.1, -0.05) is 20.3 Å². The van der Waals surface area contributed by atoms with E-state index in [-0.39, 0.29) is 0 Å². The van der Waals surface area contributed by atoms with Gasteiger partial charge in [-0.3, -0.25) is 4.79 Å². The van der Waals surface area contributed by atoms with Crippen LogP contribution in [0.2, 0.25) is 0 Å². The lowest BCUT2D eigenvalue weighted by atomic mass is 9.78. The first-order valence-corrected chi connectivity index (χ1v) is 6.98. The summed E-state index contributed by atoms with van der Waals surface area (Å²) < 4.78 is 0. The molecule has 0 N–H and O–H groups in total. The zero-order valence-corrected chi connectivity index (χ0v) is 11.4. The largest absolute Gasteiger partial charge is 0.343 e. The Balaban J connectivity index is 2.27. The third-order valence-corrected chi connectivity index (χ3v) is 4.22. The van der Waals surface area contributed by atoms with Crippen molar-refractivity contribution in [2.24, 2.45) is 5.41 Å². The molecule has 1 saturated heterocycles. The number of amides is 1. The van der Waals surface area contributed by atoms with Crippen molar-refractivity contribution in [3.8, 4) is 0 Å². The van der Waals surface area contributed by atoms with Crippen molar-refractivity contribution in [2.45, 2.75) is 52.4 Å². The van der Waals surface area contributed by atoms with E-state index in [1.54, 1.807) is 0 Å². The van der Waals surface area contributed by atoms with Crippen molar-refractivity contribution in [1.82, 2.24) is 4.90 Å². The number of nitrogens with zero attached hydrogens (tertiary/aromatic N) is 1. The van der Waals surface area contributed by atoms with Crippen LogP contribution < -0.4 is 0 Å². The van der Waals surface area contributed by atoms with Gasteiger partial charge in [-0.25, -0.2) is 0 Å². The number of alkyl halides is 1. The summed E-state index contributed by atoms with van der Waals surface area (Å²) in [6.45, 7) is 6.48. The van der Waals surface area contributed by atoms with Crippen molar-refractivity contribution in [2.75, 3.05) is 19.0 Å². The SMILES string of the molecule is CCC1(C)CCN(C(=O)CCCCCl)CC1. The van der Waals surface area contributed by atoms with E-state index in [2.05, 4.69) is 13.8 Å². The smallest absolute Gasteiger partial charge is 0.222 e. The van der Waals surface area contributed by atoms with Crippen LogP contribution in [-0.4, -0.2) is 29.8 Å². The maximum Gasteiger partial charge on any atom is 0.222 e. The van der Waals surface area contributed by atoms with Gasteiger partial charge in [0.2, 0.25) is 5.91 Å². The van der Waals surface area contributed by atoms with Crippen LogP contribution in [0.5, 0.6) is 0 Å². The van der Waals surface area contributed by atoms with E-state index in [1.165, 1.54) is 6.42 Å². The Kier molecular flexibility index (Phi) is 5.60. The summed E-state index contributed by atoms with van der Waals surface area (Å²) in [7, 11) is 0. The fraction of sp³-hybridized carbons (Fsp3) is 0.923. The molecule has 1 aliphatic rings. The van der Waals surface area contributed by atoms with E-state index >= 15 is 0 Å². The summed E-state index contributed by atoms with van der Waals surface area (Å²) in [5.41, 5.74) is 0.465. The van der Waals surface area contributed by atoms with Crippen LogP contribution in [-0.2, 0) is 4.79 Å². The molecule has 0 saturated carbocycles. The number of likely N-dealkylation sites (tertiary alicyclic amines) is 1. The first kappa shape index (κ1) is 13.8. The Bertz CT molecular complexity index is 222. The monoisotopic (exact) mass is 245 g/mol. The molecular weight excluding hydrogens is 222 g/mol. The Morgan fingerprint density at radius 3 is 2.44 bits per heavy atom. The van der Waals surface area contributed by atoms with Gasteiger partial charge >= 0.3 is 0 Å². The van der Waals surface area contributed by atoms with Gasteiger partial charge < -0.3 is 4.90 Å². The molecule has 1 amide bonds. The summed E-state index contributed by atoms with van der Waals surface area (Å²) in [5, 5.41) is 0. The first-order chi connectivity index (χ1) is 7.61. The minimum atomic E-state index is 0.322. The topological polar surface area (TPSA) is 20.3 Å². The molecule has 1 fully saturated rings. The van der Waals surface area contributed by atoms with Crippen molar-refractivity contribution >= 4 is 17.5 Å². The predicted octanol–water partition coefficient (Wildman–Crippen LogP) is 3.43. The van der Waals surface area contributed by atoms with Gasteiger partial charge in [-0.05, 0) is 31.1 Å². The lowest BCUT2D eigenvalue weighted by molar-refractivity contribution is -0.133. The second kappa shape index (κ2) is 6.48. The molecule has 0 radical (unpaired) electrons. The van der Waals surface area contributed by atoms with Crippen LogP contribution in [0.1, 0.15) is 52.4 Å². The van der Waals surface area contributed by atoms with Crippen molar-refractivity contribution in [3.05, 3.63) is 0 Å². The van der Waals surface area contributed by atoms with Crippen molar-refractivity contribution < 1.29 is 4.79 Å². The highest BCUT2D eigenvalue weighted by molar-refractivity contribution is 6.17. The van der Waals surface area contributed by atoms with Gasteiger partial charge in [-0.2, -0.15) is 0 Å². The summed E-state index contributed by atoms with van der Waals surface area (Å²) >= 11 is 5.60. The second-order valence-electron chi connectivity index (χ2n) is 5.19. The molecular formula is C13H24ClNO. The van der Waals surface area contributed by atoms with Crippen LogP contribution in [0.3, 0.4) is 0 Å².